The monoisotopic (exact) mass is 468 g/mol. The Morgan fingerprint density at radius 3 is 2.48 bits per heavy atom. The summed E-state index contributed by atoms with van der Waals surface area (Å²) in [4.78, 5) is 12.7. The molecule has 0 aliphatic carbocycles. The van der Waals surface area contributed by atoms with Gasteiger partial charge in [0.25, 0.3) is 10.0 Å². The highest BCUT2D eigenvalue weighted by Crippen LogP contribution is 2.27. The fourth-order valence-electron chi connectivity index (χ4n) is 2.37. The molecule has 0 saturated carbocycles. The average molecular weight is 469 g/mol. The van der Waals surface area contributed by atoms with Crippen molar-refractivity contribution in [2.45, 2.75) is 16.2 Å². The number of halogens is 1. The maximum atomic E-state index is 13.2. The quantitative estimate of drug-likeness (QED) is 0.394. The van der Waals surface area contributed by atoms with E-state index in [0.29, 0.717) is 15.8 Å². The number of thioether (sulfide) groups is 1. The Bertz CT molecular complexity index is 1070. The van der Waals surface area contributed by atoms with E-state index < -0.39 is 22.5 Å². The summed E-state index contributed by atoms with van der Waals surface area (Å²) in [6, 6.07) is 14.2. The van der Waals surface area contributed by atoms with Crippen molar-refractivity contribution in [1.29, 1.82) is 0 Å². The molecule has 7 nitrogen and oxygen atoms in total. The lowest BCUT2D eigenvalue weighted by molar-refractivity contribution is -0.114. The highest BCUT2D eigenvalue weighted by molar-refractivity contribution is 8.01. The average Bonchev–Trinajstić information content (AvgIpc) is 3.14. The van der Waals surface area contributed by atoms with E-state index in [-0.39, 0.29) is 4.90 Å². The first-order valence-electron chi connectivity index (χ1n) is 8.49. The molecule has 29 heavy (non-hydrogen) atoms. The molecule has 11 heteroatoms. The summed E-state index contributed by atoms with van der Waals surface area (Å²) in [5, 5.41) is 11.3. The van der Waals surface area contributed by atoms with Crippen molar-refractivity contribution in [2.24, 2.45) is 0 Å². The largest absolute Gasteiger partial charge is 0.299 e. The van der Waals surface area contributed by atoms with Crippen molar-refractivity contribution in [1.82, 2.24) is 10.2 Å². The zero-order valence-electron chi connectivity index (χ0n) is 15.3. The summed E-state index contributed by atoms with van der Waals surface area (Å²) in [6.45, 7) is 1.57. The van der Waals surface area contributed by atoms with Crippen LogP contribution in [0.4, 0.5) is 10.8 Å². The zero-order chi connectivity index (χ0) is 20.9. The van der Waals surface area contributed by atoms with E-state index in [1.165, 1.54) is 35.2 Å². The lowest BCUT2D eigenvalue weighted by Gasteiger charge is -2.24. The fourth-order valence-corrected chi connectivity index (χ4v) is 5.61. The molecule has 152 valence electrons. The van der Waals surface area contributed by atoms with Gasteiger partial charge in [0.2, 0.25) is 11.0 Å². The predicted molar refractivity (Wildman–Crippen MR) is 117 cm³/mol. The van der Waals surface area contributed by atoms with E-state index in [4.69, 9.17) is 11.6 Å². The van der Waals surface area contributed by atoms with Crippen LogP contribution < -0.4 is 9.62 Å². The smallest absolute Gasteiger partial charge is 0.264 e. The molecule has 0 aliphatic heterocycles. The molecule has 0 unspecified atom stereocenters. The van der Waals surface area contributed by atoms with Crippen molar-refractivity contribution >= 4 is 61.4 Å². The van der Waals surface area contributed by atoms with Crippen molar-refractivity contribution in [3.63, 3.8) is 0 Å². The number of nitrogens with zero attached hydrogens (tertiary/aromatic N) is 3. The molecule has 2 aromatic carbocycles. The molecule has 0 atom stereocenters. The van der Waals surface area contributed by atoms with Gasteiger partial charge in [-0.2, -0.15) is 0 Å². The SMILES string of the molecule is CCSc1nnc(NC(=O)CN(c2ccc(Cl)cc2)S(=O)(=O)c2ccccc2)s1. The van der Waals surface area contributed by atoms with Crippen LogP contribution in [-0.4, -0.2) is 36.8 Å². The van der Waals surface area contributed by atoms with Crippen LogP contribution in [0.25, 0.3) is 0 Å². The number of nitrogens with one attached hydrogen (secondary N) is 1. The first-order chi connectivity index (χ1) is 13.9. The molecule has 0 radical (unpaired) electrons. The molecule has 1 N–H and O–H groups in total. The van der Waals surface area contributed by atoms with Gasteiger partial charge < -0.3 is 0 Å². The summed E-state index contributed by atoms with van der Waals surface area (Å²) in [5.74, 6) is 0.311. The topological polar surface area (TPSA) is 92.3 Å². The molecule has 3 aromatic rings. The molecule has 0 bridgehead atoms. The van der Waals surface area contributed by atoms with Gasteiger partial charge in [0, 0.05) is 5.02 Å². The fraction of sp³-hybridized carbons (Fsp3) is 0.167. The predicted octanol–water partition coefficient (Wildman–Crippen LogP) is 4.14. The number of hydrogen-bond acceptors (Lipinski definition) is 7. The molecule has 0 saturated heterocycles. The van der Waals surface area contributed by atoms with E-state index in [0.717, 1.165) is 14.4 Å². The van der Waals surface area contributed by atoms with E-state index in [1.807, 2.05) is 6.92 Å². The van der Waals surface area contributed by atoms with Crippen molar-refractivity contribution in [2.75, 3.05) is 21.9 Å². The maximum absolute atomic E-state index is 13.2. The van der Waals surface area contributed by atoms with Crippen LogP contribution >= 0.6 is 34.7 Å². The molecular weight excluding hydrogens is 452 g/mol. The number of benzene rings is 2. The summed E-state index contributed by atoms with van der Waals surface area (Å²) in [5.41, 5.74) is 0.327. The second-order valence-electron chi connectivity index (χ2n) is 5.66. The van der Waals surface area contributed by atoms with Gasteiger partial charge in [0.05, 0.1) is 10.6 Å². The molecule has 1 amide bonds. The second-order valence-corrected chi connectivity index (χ2v) is 10.4. The molecule has 1 aromatic heterocycles. The standard InChI is InChI=1S/C18H17ClN4O3S3/c1-2-27-18-22-21-17(28-18)20-16(24)12-23(14-10-8-13(19)9-11-14)29(25,26)15-6-4-3-5-7-15/h3-11H,2,12H2,1H3,(H,20,21,24). The van der Waals surface area contributed by atoms with Crippen molar-refractivity contribution < 1.29 is 13.2 Å². The van der Waals surface area contributed by atoms with Gasteiger partial charge in [-0.25, -0.2) is 8.42 Å². The minimum Gasteiger partial charge on any atom is -0.299 e. The third-order valence-corrected chi connectivity index (χ3v) is 7.55. The highest BCUT2D eigenvalue weighted by atomic mass is 35.5. The molecule has 0 aliphatic rings. The number of carbonyl (C=O) groups is 1. The normalized spacial score (nSPS) is 11.2. The number of sulfonamides is 1. The minimum atomic E-state index is -3.97. The third kappa shape index (κ3) is 5.47. The Labute approximate surface area is 182 Å². The summed E-state index contributed by atoms with van der Waals surface area (Å²) in [7, 11) is -3.97. The van der Waals surface area contributed by atoms with E-state index in [9.17, 15) is 13.2 Å². The Balaban J connectivity index is 1.87. The molecule has 1 heterocycles. The van der Waals surface area contributed by atoms with Crippen LogP contribution in [0, 0.1) is 0 Å². The number of anilines is 2. The van der Waals surface area contributed by atoms with Crippen molar-refractivity contribution in [3.05, 3.63) is 59.6 Å². The molecule has 0 spiro atoms. The minimum absolute atomic E-state index is 0.0836. The lowest BCUT2D eigenvalue weighted by Crippen LogP contribution is -2.38. The first-order valence-corrected chi connectivity index (χ1v) is 12.1. The van der Waals surface area contributed by atoms with Gasteiger partial charge in [0.15, 0.2) is 4.34 Å². The van der Waals surface area contributed by atoms with Gasteiger partial charge in [-0.1, -0.05) is 59.8 Å². The Morgan fingerprint density at radius 1 is 1.14 bits per heavy atom. The van der Waals surface area contributed by atoms with Gasteiger partial charge in [-0.15, -0.1) is 10.2 Å². The summed E-state index contributed by atoms with van der Waals surface area (Å²) in [6.07, 6.45) is 0. The van der Waals surface area contributed by atoms with Crippen LogP contribution in [-0.2, 0) is 14.8 Å². The molecule has 3 rings (SSSR count). The van der Waals surface area contributed by atoms with Crippen LogP contribution in [0.3, 0.4) is 0 Å². The van der Waals surface area contributed by atoms with Gasteiger partial charge in [-0.05, 0) is 42.2 Å². The Morgan fingerprint density at radius 2 is 1.83 bits per heavy atom. The summed E-state index contributed by atoms with van der Waals surface area (Å²) >= 11 is 8.68. The van der Waals surface area contributed by atoms with Gasteiger partial charge in [0.1, 0.15) is 6.54 Å². The van der Waals surface area contributed by atoms with Crippen LogP contribution in [0.15, 0.2) is 63.8 Å². The first kappa shape index (κ1) is 21.6. The second kappa shape index (κ2) is 9.57. The zero-order valence-corrected chi connectivity index (χ0v) is 18.5. The third-order valence-electron chi connectivity index (χ3n) is 3.65. The van der Waals surface area contributed by atoms with Gasteiger partial charge in [-0.3, -0.25) is 14.4 Å². The van der Waals surface area contributed by atoms with E-state index in [2.05, 4.69) is 15.5 Å². The Kier molecular flexibility index (Phi) is 7.12. The number of hydrogen-bond donors (Lipinski definition) is 1. The van der Waals surface area contributed by atoms with Crippen molar-refractivity contribution in [3.8, 4) is 0 Å². The van der Waals surface area contributed by atoms with Crippen LogP contribution in [0.2, 0.25) is 5.02 Å². The highest BCUT2D eigenvalue weighted by Gasteiger charge is 2.27. The molecular formula is C18H17ClN4O3S3. The number of rotatable bonds is 8. The van der Waals surface area contributed by atoms with Gasteiger partial charge >= 0.3 is 0 Å². The van der Waals surface area contributed by atoms with Crippen LogP contribution in [0.5, 0.6) is 0 Å². The Hall–Kier alpha value is -2.14. The van der Waals surface area contributed by atoms with E-state index >= 15 is 0 Å². The number of carbonyl (C=O) groups excluding carboxylic acids is 1. The lowest BCUT2D eigenvalue weighted by atomic mass is 10.3. The van der Waals surface area contributed by atoms with Crippen LogP contribution in [0.1, 0.15) is 6.92 Å². The summed E-state index contributed by atoms with van der Waals surface area (Å²) < 4.78 is 28.1. The number of amides is 1. The van der Waals surface area contributed by atoms with E-state index in [1.54, 1.807) is 42.5 Å². The molecule has 0 fully saturated rings. The maximum Gasteiger partial charge on any atom is 0.264 e. The number of aromatic nitrogens is 2.